The summed E-state index contributed by atoms with van der Waals surface area (Å²) in [6.07, 6.45) is -1.18. The van der Waals surface area contributed by atoms with Crippen molar-refractivity contribution in [2.45, 2.75) is 20.0 Å². The van der Waals surface area contributed by atoms with E-state index >= 15 is 4.39 Å². The van der Waals surface area contributed by atoms with Gasteiger partial charge in [-0.25, -0.2) is 32.0 Å². The summed E-state index contributed by atoms with van der Waals surface area (Å²) in [5, 5.41) is 6.84. The molecule has 1 fully saturated rings. The molecule has 15 heteroatoms. The average molecular weight is 643 g/mol. The lowest BCUT2D eigenvalue weighted by molar-refractivity contribution is -0.115. The number of halogens is 4. The molecule has 5 rings (SSSR count). The highest BCUT2D eigenvalue weighted by Crippen LogP contribution is 2.31. The Bertz CT molecular complexity index is 1720. The molecule has 1 aliphatic rings. The summed E-state index contributed by atoms with van der Waals surface area (Å²) in [4.78, 5) is 35.1. The maximum absolute atomic E-state index is 15.1. The van der Waals surface area contributed by atoms with Crippen molar-refractivity contribution in [3.05, 3.63) is 83.9 Å². The first-order chi connectivity index (χ1) is 21.7. The molecule has 1 saturated heterocycles. The molecule has 1 aliphatic heterocycles. The Hall–Kier alpha value is -4.76. The first-order valence-electron chi connectivity index (χ1n) is 13.5. The van der Waals surface area contributed by atoms with Crippen molar-refractivity contribution in [1.82, 2.24) is 14.8 Å². The van der Waals surface area contributed by atoms with Crippen LogP contribution in [0.2, 0.25) is 0 Å². The number of nitrogens with zero attached hydrogens (tertiary/aromatic N) is 5. The van der Waals surface area contributed by atoms with E-state index in [-0.39, 0.29) is 47.3 Å². The van der Waals surface area contributed by atoms with Gasteiger partial charge in [-0.15, -0.1) is 5.10 Å². The molecule has 0 bridgehead atoms. The van der Waals surface area contributed by atoms with Crippen LogP contribution in [0.1, 0.15) is 11.1 Å². The summed E-state index contributed by atoms with van der Waals surface area (Å²) in [5.74, 6) is -0.552. The number of urea groups is 1. The van der Waals surface area contributed by atoms with Gasteiger partial charge in [-0.1, -0.05) is 23.9 Å². The number of aryl methyl sites for hydroxylation is 1. The molecule has 0 radical (unpaired) electrons. The van der Waals surface area contributed by atoms with Gasteiger partial charge in [0, 0.05) is 11.1 Å². The Morgan fingerprint density at radius 3 is 2.67 bits per heavy atom. The second-order valence-electron chi connectivity index (χ2n) is 9.62. The zero-order valence-electron chi connectivity index (χ0n) is 23.8. The lowest BCUT2D eigenvalue weighted by Crippen LogP contribution is -2.31. The van der Waals surface area contributed by atoms with Gasteiger partial charge in [0.2, 0.25) is 5.91 Å². The average Bonchev–Trinajstić information content (AvgIpc) is 3.65. The molecule has 0 unspecified atom stereocenters. The highest BCUT2D eigenvalue weighted by Gasteiger charge is 2.32. The number of thioether (sulfide) groups is 1. The lowest BCUT2D eigenvalue weighted by atomic mass is 10.1. The molecule has 1 N–H and O–H groups in total. The number of amides is 3. The van der Waals surface area contributed by atoms with E-state index in [9.17, 15) is 22.8 Å². The normalized spacial score (nSPS) is 14.0. The smallest absolute Gasteiger partial charge is 0.347 e. The van der Waals surface area contributed by atoms with Gasteiger partial charge in [-0.05, 0) is 61.0 Å². The number of amidine groups is 1. The quantitative estimate of drug-likeness (QED) is 0.154. The van der Waals surface area contributed by atoms with Gasteiger partial charge >= 0.3 is 6.03 Å². The number of carbonyl (C=O) groups is 2. The van der Waals surface area contributed by atoms with Crippen LogP contribution in [0.25, 0.3) is 17.1 Å². The predicted octanol–water partition coefficient (Wildman–Crippen LogP) is 6.18. The second-order valence-corrected chi connectivity index (χ2v) is 10.6. The maximum atomic E-state index is 15.1. The van der Waals surface area contributed by atoms with E-state index in [2.05, 4.69) is 20.4 Å². The summed E-state index contributed by atoms with van der Waals surface area (Å²) >= 11 is 1.06. The molecule has 0 saturated carbocycles. The molecule has 3 aromatic carbocycles. The fourth-order valence-corrected chi connectivity index (χ4v) is 5.14. The highest BCUT2D eigenvalue weighted by atomic mass is 32.2. The van der Waals surface area contributed by atoms with E-state index in [1.807, 2.05) is 13.0 Å². The van der Waals surface area contributed by atoms with Crippen molar-refractivity contribution < 1.29 is 36.6 Å². The van der Waals surface area contributed by atoms with Crippen LogP contribution in [0.3, 0.4) is 0 Å². The van der Waals surface area contributed by atoms with Gasteiger partial charge in [0.05, 0.1) is 36.0 Å². The van der Waals surface area contributed by atoms with Gasteiger partial charge < -0.3 is 14.8 Å². The minimum atomic E-state index is -2.59. The number of hydrogen-bond donors (Lipinski definition) is 1. The molecule has 10 nitrogen and oxygen atoms in total. The number of nitrogens with one attached hydrogen (secondary N) is 1. The fraction of sp³-hybridized carbons (Fsp3) is 0.233. The largest absolute Gasteiger partial charge is 0.488 e. The lowest BCUT2D eigenvalue weighted by Gasteiger charge is -2.20. The summed E-state index contributed by atoms with van der Waals surface area (Å²) in [7, 11) is 0. The van der Waals surface area contributed by atoms with E-state index in [1.165, 1.54) is 40.2 Å². The van der Waals surface area contributed by atoms with Gasteiger partial charge in [-0.3, -0.25) is 9.69 Å². The molecule has 0 aliphatic carbocycles. The number of rotatable bonds is 11. The molecule has 1 aromatic heterocycles. The van der Waals surface area contributed by atoms with E-state index in [0.29, 0.717) is 22.5 Å². The molecule has 0 spiro atoms. The van der Waals surface area contributed by atoms with Crippen LogP contribution in [0.15, 0.2) is 72.0 Å². The fourth-order valence-electron chi connectivity index (χ4n) is 4.28. The molecular weight excluding hydrogens is 616 g/mol. The molecule has 45 heavy (non-hydrogen) atoms. The number of aliphatic imine (C=N–C) groups is 1. The minimum Gasteiger partial charge on any atom is -0.488 e. The van der Waals surface area contributed by atoms with Crippen LogP contribution >= 0.6 is 11.8 Å². The molecule has 2 heterocycles. The Labute approximate surface area is 259 Å². The van der Waals surface area contributed by atoms with Gasteiger partial charge in [0.1, 0.15) is 31.2 Å². The zero-order chi connectivity index (χ0) is 31.9. The SMILES string of the molecule is Cc1ccc(COCCF)c(N2C(=O)CS/C2=N\C(=O)Nc2ccc(-c3ncn(-c4ccc(OCC(F)F)cc4)n3)cc2F)c1. The Morgan fingerprint density at radius 2 is 1.93 bits per heavy atom. The van der Waals surface area contributed by atoms with Crippen LogP contribution in [0.5, 0.6) is 5.75 Å². The third kappa shape index (κ3) is 7.85. The number of anilines is 2. The van der Waals surface area contributed by atoms with Crippen molar-refractivity contribution in [2.24, 2.45) is 4.99 Å². The number of alkyl halides is 3. The van der Waals surface area contributed by atoms with Crippen LogP contribution in [0.4, 0.5) is 33.7 Å². The van der Waals surface area contributed by atoms with Crippen molar-refractivity contribution in [2.75, 3.05) is 35.9 Å². The van der Waals surface area contributed by atoms with Crippen LogP contribution < -0.4 is 15.0 Å². The van der Waals surface area contributed by atoms with Crippen LogP contribution in [-0.2, 0) is 16.1 Å². The summed E-state index contributed by atoms with van der Waals surface area (Å²) in [5.41, 5.74) is 2.69. The predicted molar refractivity (Wildman–Crippen MR) is 161 cm³/mol. The van der Waals surface area contributed by atoms with Gasteiger partial charge in [0.25, 0.3) is 6.43 Å². The number of benzene rings is 3. The number of carbonyl (C=O) groups excluding carboxylic acids is 2. The standard InChI is InChI=1S/C30H26F4N6O4S/c1-18-2-3-20(14-43-11-10-31)25(12-18)40-27(41)16-45-30(40)37-29(42)36-24-9-4-19(13-23(24)32)28-35-17-39(38-28)21-5-7-22(8-6-21)44-15-26(33)34/h2-9,12-13,17,26H,10-11,14-16H2,1H3,(H,36,42)/b37-30-. The van der Waals surface area contributed by atoms with Gasteiger partial charge in [-0.2, -0.15) is 4.99 Å². The Balaban J connectivity index is 1.28. The van der Waals surface area contributed by atoms with E-state index < -0.39 is 31.6 Å². The topological polar surface area (TPSA) is 111 Å². The second kappa shape index (κ2) is 14.3. The number of aromatic nitrogens is 3. The maximum Gasteiger partial charge on any atom is 0.347 e. The Kier molecular flexibility index (Phi) is 10.1. The summed E-state index contributed by atoms with van der Waals surface area (Å²) in [6.45, 7) is 0.436. The first kappa shape index (κ1) is 31.7. The molecule has 234 valence electrons. The van der Waals surface area contributed by atoms with E-state index in [1.54, 1.807) is 24.3 Å². The van der Waals surface area contributed by atoms with Crippen LogP contribution in [-0.4, -0.2) is 63.9 Å². The highest BCUT2D eigenvalue weighted by molar-refractivity contribution is 8.15. The van der Waals surface area contributed by atoms with Crippen molar-refractivity contribution >= 4 is 40.2 Å². The zero-order valence-corrected chi connectivity index (χ0v) is 24.6. The van der Waals surface area contributed by atoms with Crippen molar-refractivity contribution in [1.29, 1.82) is 0 Å². The van der Waals surface area contributed by atoms with E-state index in [0.717, 1.165) is 23.4 Å². The third-order valence-corrected chi connectivity index (χ3v) is 7.28. The van der Waals surface area contributed by atoms with Crippen molar-refractivity contribution in [3.8, 4) is 22.8 Å². The first-order valence-corrected chi connectivity index (χ1v) is 14.5. The van der Waals surface area contributed by atoms with Crippen molar-refractivity contribution in [3.63, 3.8) is 0 Å². The molecule has 4 aromatic rings. The molecule has 0 atom stereocenters. The van der Waals surface area contributed by atoms with Gasteiger partial charge in [0.15, 0.2) is 11.0 Å². The third-order valence-electron chi connectivity index (χ3n) is 6.36. The molecular formula is C30H26F4N6O4S. The van der Waals surface area contributed by atoms with Crippen LogP contribution in [0, 0.1) is 12.7 Å². The number of ether oxygens (including phenoxy) is 2. The number of hydrogen-bond acceptors (Lipinski definition) is 7. The monoisotopic (exact) mass is 642 g/mol. The Morgan fingerprint density at radius 1 is 1.13 bits per heavy atom. The summed E-state index contributed by atoms with van der Waals surface area (Å²) < 4.78 is 64.0. The minimum absolute atomic E-state index is 0.0458. The van der Waals surface area contributed by atoms with E-state index in [4.69, 9.17) is 9.47 Å². The summed E-state index contributed by atoms with van der Waals surface area (Å²) in [6, 6.07) is 14.7. The molecule has 3 amide bonds.